The van der Waals surface area contributed by atoms with Gasteiger partial charge in [0.25, 0.3) is 0 Å². The second kappa shape index (κ2) is 4.99. The molecule has 1 atom stereocenters. The highest BCUT2D eigenvalue weighted by Gasteiger charge is 2.20. The Hall–Kier alpha value is -1.32. The van der Waals surface area contributed by atoms with Gasteiger partial charge in [0.2, 0.25) is 0 Å². The summed E-state index contributed by atoms with van der Waals surface area (Å²) in [6, 6.07) is 4.71. The largest absolute Gasteiger partial charge is 0.388 e. The van der Waals surface area contributed by atoms with E-state index in [0.717, 1.165) is 30.4 Å². The van der Waals surface area contributed by atoms with Crippen molar-refractivity contribution in [3.05, 3.63) is 58.1 Å². The maximum absolute atomic E-state index is 13.7. The Bertz CT molecular complexity index is 588. The zero-order valence-corrected chi connectivity index (χ0v) is 11.2. The second-order valence-electron chi connectivity index (χ2n) is 5.02. The van der Waals surface area contributed by atoms with Crippen molar-refractivity contribution in [2.45, 2.75) is 31.9 Å². The second-order valence-corrected chi connectivity index (χ2v) is 5.43. The van der Waals surface area contributed by atoms with Gasteiger partial charge in [-0.25, -0.2) is 4.39 Å². The summed E-state index contributed by atoms with van der Waals surface area (Å²) >= 11 is 6.03. The molecule has 0 aliphatic heterocycles. The molecule has 1 aliphatic carbocycles. The molecule has 1 aromatic heterocycles. The molecule has 2 aromatic rings. The number of aliphatic hydroxyl groups is 1. The van der Waals surface area contributed by atoms with Crippen molar-refractivity contribution < 1.29 is 9.50 Å². The third kappa shape index (κ3) is 2.40. The summed E-state index contributed by atoms with van der Waals surface area (Å²) in [5, 5.41) is 10.4. The molecule has 0 spiro atoms. The molecule has 19 heavy (non-hydrogen) atoms. The average molecular weight is 280 g/mol. The van der Waals surface area contributed by atoms with Crippen LogP contribution in [0.15, 0.2) is 30.6 Å². The van der Waals surface area contributed by atoms with E-state index in [-0.39, 0.29) is 11.9 Å². The van der Waals surface area contributed by atoms with Crippen LogP contribution in [-0.2, 0) is 13.0 Å². The van der Waals surface area contributed by atoms with Gasteiger partial charge in [-0.05, 0) is 37.0 Å². The number of fused-ring (bicyclic) bond motifs is 1. The summed E-state index contributed by atoms with van der Waals surface area (Å²) in [7, 11) is 0. The quantitative estimate of drug-likeness (QED) is 0.891. The number of nitrogens with zero attached hydrogens (tertiary/aromatic N) is 1. The molecule has 1 aromatic carbocycles. The van der Waals surface area contributed by atoms with Gasteiger partial charge in [0.15, 0.2) is 0 Å². The number of rotatable bonds is 2. The van der Waals surface area contributed by atoms with E-state index in [1.807, 2.05) is 17.0 Å². The average Bonchev–Trinajstić information content (AvgIpc) is 2.78. The third-order valence-corrected chi connectivity index (χ3v) is 4.04. The minimum atomic E-state index is -0.388. The van der Waals surface area contributed by atoms with Gasteiger partial charge in [-0.1, -0.05) is 17.7 Å². The number of benzene rings is 1. The lowest BCUT2D eigenvalue weighted by molar-refractivity contribution is 0.157. The van der Waals surface area contributed by atoms with E-state index in [1.54, 1.807) is 12.1 Å². The van der Waals surface area contributed by atoms with Crippen molar-refractivity contribution in [3.63, 3.8) is 0 Å². The Labute approximate surface area is 116 Å². The molecule has 3 rings (SSSR count). The van der Waals surface area contributed by atoms with Gasteiger partial charge in [-0.3, -0.25) is 0 Å². The smallest absolute Gasteiger partial charge is 0.129 e. The molecule has 0 saturated heterocycles. The molecule has 0 radical (unpaired) electrons. The van der Waals surface area contributed by atoms with Crippen LogP contribution < -0.4 is 0 Å². The van der Waals surface area contributed by atoms with Gasteiger partial charge in [-0.2, -0.15) is 0 Å². The normalized spacial score (nSPS) is 18.4. The van der Waals surface area contributed by atoms with Crippen LogP contribution in [0, 0.1) is 5.82 Å². The number of aromatic nitrogens is 1. The minimum Gasteiger partial charge on any atom is -0.388 e. The summed E-state index contributed by atoms with van der Waals surface area (Å²) in [5.74, 6) is -0.292. The van der Waals surface area contributed by atoms with Crippen LogP contribution in [-0.4, -0.2) is 9.67 Å². The molecule has 0 saturated carbocycles. The molecule has 0 bridgehead atoms. The molecule has 4 heteroatoms. The fourth-order valence-corrected chi connectivity index (χ4v) is 2.90. The fourth-order valence-electron chi connectivity index (χ4n) is 2.68. The maximum Gasteiger partial charge on any atom is 0.129 e. The molecule has 1 aliphatic rings. The highest BCUT2D eigenvalue weighted by atomic mass is 35.5. The summed E-state index contributed by atoms with van der Waals surface area (Å²) in [5.41, 5.74) is 2.62. The zero-order chi connectivity index (χ0) is 13.4. The Morgan fingerprint density at radius 1 is 1.37 bits per heavy atom. The van der Waals surface area contributed by atoms with E-state index in [0.29, 0.717) is 17.1 Å². The molecule has 0 fully saturated rings. The van der Waals surface area contributed by atoms with Crippen LogP contribution in [0.4, 0.5) is 4.39 Å². The Morgan fingerprint density at radius 3 is 2.95 bits per heavy atom. The van der Waals surface area contributed by atoms with Crippen LogP contribution in [0.25, 0.3) is 0 Å². The lowest BCUT2D eigenvalue weighted by Crippen LogP contribution is -2.05. The summed E-state index contributed by atoms with van der Waals surface area (Å²) < 4.78 is 15.7. The van der Waals surface area contributed by atoms with Crippen molar-refractivity contribution in [3.8, 4) is 0 Å². The molecule has 2 nitrogen and oxygen atoms in total. The summed E-state index contributed by atoms with van der Waals surface area (Å²) in [4.78, 5) is 0. The molecule has 1 N–H and O–H groups in total. The third-order valence-electron chi connectivity index (χ3n) is 3.68. The van der Waals surface area contributed by atoms with Gasteiger partial charge in [-0.15, -0.1) is 0 Å². The van der Waals surface area contributed by atoms with E-state index in [1.165, 1.54) is 6.07 Å². The van der Waals surface area contributed by atoms with Crippen molar-refractivity contribution >= 4 is 11.6 Å². The summed E-state index contributed by atoms with van der Waals surface area (Å²) in [6.07, 6.45) is 6.28. The van der Waals surface area contributed by atoms with Crippen LogP contribution in [0.3, 0.4) is 0 Å². The molecule has 1 heterocycles. The van der Waals surface area contributed by atoms with Crippen LogP contribution >= 0.6 is 11.6 Å². The van der Waals surface area contributed by atoms with Crippen LogP contribution in [0.5, 0.6) is 0 Å². The molecular weight excluding hydrogens is 265 g/mol. The first-order valence-electron chi connectivity index (χ1n) is 6.44. The zero-order valence-electron chi connectivity index (χ0n) is 10.4. The first kappa shape index (κ1) is 12.7. The van der Waals surface area contributed by atoms with Crippen molar-refractivity contribution in [2.24, 2.45) is 0 Å². The van der Waals surface area contributed by atoms with Crippen LogP contribution in [0.2, 0.25) is 5.02 Å². The maximum atomic E-state index is 13.7. The van der Waals surface area contributed by atoms with Crippen LogP contribution in [0.1, 0.15) is 35.6 Å². The first-order valence-corrected chi connectivity index (χ1v) is 6.82. The Morgan fingerprint density at radius 2 is 2.21 bits per heavy atom. The Balaban J connectivity index is 1.92. The first-order chi connectivity index (χ1) is 9.15. The van der Waals surface area contributed by atoms with Crippen molar-refractivity contribution in [2.75, 3.05) is 0 Å². The van der Waals surface area contributed by atoms with E-state index in [9.17, 15) is 9.50 Å². The topological polar surface area (TPSA) is 25.2 Å². The van der Waals surface area contributed by atoms with Gasteiger partial charge < -0.3 is 9.67 Å². The van der Waals surface area contributed by atoms with E-state index in [2.05, 4.69) is 0 Å². The molecule has 0 amide bonds. The van der Waals surface area contributed by atoms with Crippen molar-refractivity contribution in [1.29, 1.82) is 0 Å². The van der Waals surface area contributed by atoms with E-state index >= 15 is 0 Å². The Kier molecular flexibility index (Phi) is 3.33. The molecular formula is C15H15ClFNO. The van der Waals surface area contributed by atoms with Gasteiger partial charge in [0.05, 0.1) is 12.6 Å². The number of aryl methyl sites for hydroxylation is 1. The highest BCUT2D eigenvalue weighted by Crippen LogP contribution is 2.31. The number of halogens is 2. The van der Waals surface area contributed by atoms with Gasteiger partial charge in [0.1, 0.15) is 5.82 Å². The van der Waals surface area contributed by atoms with Crippen molar-refractivity contribution in [1.82, 2.24) is 4.57 Å². The highest BCUT2D eigenvalue weighted by molar-refractivity contribution is 6.31. The predicted molar refractivity (Wildman–Crippen MR) is 72.8 cm³/mol. The number of aliphatic hydroxyl groups excluding tert-OH is 1. The number of hydrogen-bond acceptors (Lipinski definition) is 1. The monoisotopic (exact) mass is 279 g/mol. The molecule has 1 unspecified atom stereocenters. The van der Waals surface area contributed by atoms with Gasteiger partial charge in [0, 0.05) is 28.5 Å². The van der Waals surface area contributed by atoms with E-state index < -0.39 is 0 Å². The molecule has 100 valence electrons. The SMILES string of the molecule is OC1CCCc2cn(Cc3c(F)cccc3Cl)cc21. The van der Waals surface area contributed by atoms with E-state index in [4.69, 9.17) is 11.6 Å². The minimum absolute atomic E-state index is 0.292. The lowest BCUT2D eigenvalue weighted by atomic mass is 9.93. The summed E-state index contributed by atoms with van der Waals surface area (Å²) in [6.45, 7) is 0.394. The number of hydrogen-bond donors (Lipinski definition) is 1. The standard InChI is InChI=1S/C15H15ClFNO/c16-13-4-2-5-14(17)12(13)9-18-7-10-3-1-6-15(19)11(10)8-18/h2,4-5,7-8,15,19H,1,3,6,9H2. The van der Waals surface area contributed by atoms with Gasteiger partial charge >= 0.3 is 0 Å². The fraction of sp³-hybridized carbons (Fsp3) is 0.333. The predicted octanol–water partition coefficient (Wildman–Crippen LogP) is 3.70. The lowest BCUT2D eigenvalue weighted by Gasteiger charge is -2.16.